The predicted octanol–water partition coefficient (Wildman–Crippen LogP) is 5.60. The van der Waals surface area contributed by atoms with E-state index in [9.17, 15) is 4.79 Å². The van der Waals surface area contributed by atoms with Crippen LogP contribution < -0.4 is 10.1 Å². The first-order chi connectivity index (χ1) is 14.1. The van der Waals surface area contributed by atoms with E-state index < -0.39 is 0 Å². The minimum atomic E-state index is -0.163. The fourth-order valence-electron chi connectivity index (χ4n) is 3.05. The number of aliphatic imine (C=N–C) groups is 1. The van der Waals surface area contributed by atoms with Crippen LogP contribution in [0.4, 0.5) is 5.69 Å². The quantitative estimate of drug-likeness (QED) is 0.448. The number of thioether (sulfide) groups is 1. The Morgan fingerprint density at radius 1 is 1.10 bits per heavy atom. The van der Waals surface area contributed by atoms with Gasteiger partial charge >= 0.3 is 0 Å². The van der Waals surface area contributed by atoms with E-state index in [-0.39, 0.29) is 5.91 Å². The van der Waals surface area contributed by atoms with E-state index in [2.05, 4.69) is 16.9 Å². The van der Waals surface area contributed by atoms with Gasteiger partial charge in [-0.2, -0.15) is 0 Å². The van der Waals surface area contributed by atoms with Gasteiger partial charge in [-0.05, 0) is 53.7 Å². The Hall–Kier alpha value is -3.31. The van der Waals surface area contributed by atoms with Crippen molar-refractivity contribution in [1.29, 1.82) is 0 Å². The maximum absolute atomic E-state index is 12.6. The Balaban J connectivity index is 1.71. The van der Waals surface area contributed by atoms with Gasteiger partial charge in [-0.15, -0.1) is 0 Å². The largest absolute Gasteiger partial charge is 0.489 e. The van der Waals surface area contributed by atoms with Gasteiger partial charge in [0.1, 0.15) is 12.4 Å². The number of rotatable bonds is 5. The molecule has 0 atom stereocenters. The van der Waals surface area contributed by atoms with E-state index in [0.717, 1.165) is 22.0 Å². The summed E-state index contributed by atoms with van der Waals surface area (Å²) in [6.07, 6.45) is 3.58. The van der Waals surface area contributed by atoms with Crippen LogP contribution in [0, 0.1) is 6.92 Å². The molecular weight excluding hydrogens is 380 g/mol. The third kappa shape index (κ3) is 4.25. The molecule has 5 heteroatoms. The van der Waals surface area contributed by atoms with Crippen molar-refractivity contribution in [3.63, 3.8) is 0 Å². The van der Waals surface area contributed by atoms with Crippen molar-refractivity contribution in [2.24, 2.45) is 4.99 Å². The number of fused-ring (bicyclic) bond motifs is 1. The van der Waals surface area contributed by atoms with Crippen LogP contribution in [0.5, 0.6) is 5.75 Å². The molecule has 1 heterocycles. The smallest absolute Gasteiger partial charge is 0.264 e. The molecule has 0 saturated carbocycles. The molecule has 4 rings (SSSR count). The van der Waals surface area contributed by atoms with Crippen molar-refractivity contribution in [2.45, 2.75) is 6.92 Å². The predicted molar refractivity (Wildman–Crippen MR) is 122 cm³/mol. The lowest BCUT2D eigenvalue weighted by molar-refractivity contribution is -0.115. The maximum atomic E-state index is 12.6. The van der Waals surface area contributed by atoms with Crippen LogP contribution in [0.2, 0.25) is 0 Å². The highest BCUT2D eigenvalue weighted by Gasteiger charge is 2.24. The monoisotopic (exact) mass is 400 g/mol. The van der Waals surface area contributed by atoms with Crippen molar-refractivity contribution in [1.82, 2.24) is 5.32 Å². The second-order valence-corrected chi connectivity index (χ2v) is 7.65. The number of amidine groups is 1. The minimum absolute atomic E-state index is 0.163. The third-order valence-electron chi connectivity index (χ3n) is 4.48. The van der Waals surface area contributed by atoms with Crippen LogP contribution in [0.3, 0.4) is 0 Å². The molecule has 0 aromatic heterocycles. The highest BCUT2D eigenvalue weighted by atomic mass is 32.2. The van der Waals surface area contributed by atoms with Gasteiger partial charge in [0.25, 0.3) is 5.91 Å². The van der Waals surface area contributed by atoms with Crippen LogP contribution in [0.1, 0.15) is 11.1 Å². The summed E-state index contributed by atoms with van der Waals surface area (Å²) >= 11 is 1.33. The Morgan fingerprint density at radius 3 is 2.69 bits per heavy atom. The molecule has 1 aliphatic heterocycles. The van der Waals surface area contributed by atoms with Gasteiger partial charge in [-0.1, -0.05) is 60.7 Å². The lowest BCUT2D eigenvalue weighted by Crippen LogP contribution is -2.19. The lowest BCUT2D eigenvalue weighted by atomic mass is 10.0. The number of nitrogens with one attached hydrogen (secondary N) is 1. The fraction of sp³-hybridized carbons (Fsp3) is 0.0833. The molecule has 29 heavy (non-hydrogen) atoms. The molecule has 0 unspecified atom stereocenters. The van der Waals surface area contributed by atoms with E-state index in [1.807, 2.05) is 73.7 Å². The van der Waals surface area contributed by atoms with E-state index in [1.165, 1.54) is 17.3 Å². The fourth-order valence-corrected chi connectivity index (χ4v) is 3.87. The van der Waals surface area contributed by atoms with Crippen LogP contribution in [0.25, 0.3) is 16.8 Å². The van der Waals surface area contributed by atoms with Gasteiger partial charge in [-0.25, -0.2) is 4.99 Å². The van der Waals surface area contributed by atoms with Crippen LogP contribution in [-0.4, -0.2) is 17.7 Å². The molecule has 0 bridgehead atoms. The number of carbonyl (C=O) groups excluding carboxylic acids is 1. The van der Waals surface area contributed by atoms with E-state index >= 15 is 0 Å². The zero-order valence-corrected chi connectivity index (χ0v) is 16.8. The molecule has 1 fully saturated rings. The SMILES string of the molecule is C=CCOc1ccc2ccccc2c1/C=C1\SC(=Nc2ccc(C)cc2)NC1=O. The van der Waals surface area contributed by atoms with Gasteiger partial charge in [0.05, 0.1) is 10.6 Å². The maximum Gasteiger partial charge on any atom is 0.264 e. The molecule has 0 aliphatic carbocycles. The van der Waals surface area contributed by atoms with Crippen molar-refractivity contribution in [3.05, 3.63) is 89.4 Å². The van der Waals surface area contributed by atoms with E-state index in [1.54, 1.807) is 6.08 Å². The van der Waals surface area contributed by atoms with Gasteiger partial charge in [-0.3, -0.25) is 4.79 Å². The Bertz CT molecular complexity index is 1150. The number of aryl methyl sites for hydroxylation is 1. The zero-order valence-electron chi connectivity index (χ0n) is 16.0. The molecule has 3 aromatic rings. The van der Waals surface area contributed by atoms with Crippen LogP contribution >= 0.6 is 11.8 Å². The minimum Gasteiger partial charge on any atom is -0.489 e. The van der Waals surface area contributed by atoms with Gasteiger partial charge < -0.3 is 10.1 Å². The van der Waals surface area contributed by atoms with Crippen molar-refractivity contribution in [2.75, 3.05) is 6.61 Å². The second-order valence-electron chi connectivity index (χ2n) is 6.62. The summed E-state index contributed by atoms with van der Waals surface area (Å²) in [6.45, 7) is 6.14. The lowest BCUT2D eigenvalue weighted by Gasteiger charge is -2.11. The Morgan fingerprint density at radius 2 is 1.90 bits per heavy atom. The molecule has 1 aliphatic rings. The first-order valence-electron chi connectivity index (χ1n) is 9.26. The Kier molecular flexibility index (Phi) is 5.49. The first-order valence-corrected chi connectivity index (χ1v) is 10.1. The normalized spacial score (nSPS) is 16.4. The Labute approximate surface area is 174 Å². The van der Waals surface area contributed by atoms with E-state index in [0.29, 0.717) is 22.4 Å². The summed E-state index contributed by atoms with van der Waals surface area (Å²) in [5, 5.41) is 5.53. The number of benzene rings is 3. The summed E-state index contributed by atoms with van der Waals surface area (Å²) < 4.78 is 5.84. The summed E-state index contributed by atoms with van der Waals surface area (Å²) in [5.41, 5.74) is 2.85. The van der Waals surface area contributed by atoms with Crippen LogP contribution in [-0.2, 0) is 4.79 Å². The van der Waals surface area contributed by atoms with Gasteiger partial charge in [0, 0.05) is 5.56 Å². The standard InChI is InChI=1S/C24H20N2O2S/c1-3-14-28-21-13-10-17-6-4-5-7-19(17)20(21)15-22-23(27)26-24(29-22)25-18-11-8-16(2)9-12-18/h3-13,15H,1,14H2,2H3,(H,25,26,27)/b22-15-. The molecule has 1 saturated heterocycles. The van der Waals surface area contributed by atoms with Crippen molar-refractivity contribution in [3.8, 4) is 5.75 Å². The number of hydrogen-bond donors (Lipinski definition) is 1. The second kappa shape index (κ2) is 8.37. The van der Waals surface area contributed by atoms with Gasteiger partial charge in [0.2, 0.25) is 0 Å². The molecule has 3 aromatic carbocycles. The zero-order chi connectivity index (χ0) is 20.2. The summed E-state index contributed by atoms with van der Waals surface area (Å²) in [5.74, 6) is 0.553. The highest BCUT2D eigenvalue weighted by molar-refractivity contribution is 8.18. The summed E-state index contributed by atoms with van der Waals surface area (Å²) in [6, 6.07) is 19.8. The topological polar surface area (TPSA) is 50.7 Å². The number of amides is 1. The number of ether oxygens (including phenoxy) is 1. The van der Waals surface area contributed by atoms with Crippen molar-refractivity contribution >= 4 is 45.4 Å². The van der Waals surface area contributed by atoms with E-state index in [4.69, 9.17) is 4.74 Å². The number of hydrogen-bond acceptors (Lipinski definition) is 4. The highest BCUT2D eigenvalue weighted by Crippen LogP contribution is 2.34. The molecule has 1 N–H and O–H groups in total. The molecule has 0 spiro atoms. The average molecular weight is 401 g/mol. The summed E-state index contributed by atoms with van der Waals surface area (Å²) in [7, 11) is 0. The third-order valence-corrected chi connectivity index (χ3v) is 5.39. The number of nitrogens with zero attached hydrogens (tertiary/aromatic N) is 1. The first kappa shape index (κ1) is 19.0. The molecule has 4 nitrogen and oxygen atoms in total. The summed E-state index contributed by atoms with van der Waals surface area (Å²) in [4.78, 5) is 17.7. The molecular formula is C24H20N2O2S. The molecule has 144 valence electrons. The van der Waals surface area contributed by atoms with Crippen molar-refractivity contribution < 1.29 is 9.53 Å². The average Bonchev–Trinajstić information content (AvgIpc) is 3.08. The van der Waals surface area contributed by atoms with Crippen LogP contribution in [0.15, 0.2) is 83.2 Å². The number of carbonyl (C=O) groups is 1. The molecule has 1 amide bonds. The molecule has 0 radical (unpaired) electrons. The van der Waals surface area contributed by atoms with Gasteiger partial charge in [0.15, 0.2) is 5.17 Å².